The van der Waals surface area contributed by atoms with Crippen LogP contribution in [-0.4, -0.2) is 71.2 Å². The van der Waals surface area contributed by atoms with Gasteiger partial charge in [0.15, 0.2) is 6.04 Å². The van der Waals surface area contributed by atoms with Crippen LogP contribution in [0.15, 0.2) is 0 Å². The van der Waals surface area contributed by atoms with E-state index in [1.807, 2.05) is 20.8 Å². The highest BCUT2D eigenvalue weighted by molar-refractivity contribution is 5.92. The van der Waals surface area contributed by atoms with Crippen molar-refractivity contribution in [1.82, 2.24) is 15.5 Å². The number of ether oxygens (including phenoxy) is 1. The Kier molecular flexibility index (Phi) is 6.40. The van der Waals surface area contributed by atoms with Crippen LogP contribution in [-0.2, 0) is 19.1 Å². The summed E-state index contributed by atoms with van der Waals surface area (Å²) in [5, 5.41) is 15.0. The molecule has 0 aromatic carbocycles. The van der Waals surface area contributed by atoms with Gasteiger partial charge in [0.2, 0.25) is 11.8 Å². The van der Waals surface area contributed by atoms with Crippen molar-refractivity contribution in [3.05, 3.63) is 0 Å². The molecule has 0 bridgehead atoms. The molecule has 25 heavy (non-hydrogen) atoms. The average Bonchev–Trinajstić information content (AvgIpc) is 3.19. The highest BCUT2D eigenvalue weighted by atomic mass is 16.5. The fraction of sp³-hybridized carbons (Fsp3) is 0.824. The van der Waals surface area contributed by atoms with E-state index in [0.717, 1.165) is 25.8 Å². The molecule has 2 amide bonds. The van der Waals surface area contributed by atoms with Gasteiger partial charge in [0.25, 0.3) is 0 Å². The van der Waals surface area contributed by atoms with E-state index < -0.39 is 29.6 Å². The summed E-state index contributed by atoms with van der Waals surface area (Å²) < 4.78 is 5.49. The minimum Gasteiger partial charge on any atom is -0.480 e. The number of carbonyl (C=O) groups excluding carboxylic acids is 2. The van der Waals surface area contributed by atoms with Gasteiger partial charge in [-0.1, -0.05) is 0 Å². The first kappa shape index (κ1) is 19.7. The van der Waals surface area contributed by atoms with Gasteiger partial charge in [0.1, 0.15) is 6.04 Å². The Morgan fingerprint density at radius 2 is 2.00 bits per heavy atom. The Morgan fingerprint density at radius 1 is 1.28 bits per heavy atom. The topological polar surface area (TPSA) is 108 Å². The van der Waals surface area contributed by atoms with Crippen LogP contribution < -0.4 is 10.6 Å². The van der Waals surface area contributed by atoms with Crippen molar-refractivity contribution in [2.45, 2.75) is 70.2 Å². The van der Waals surface area contributed by atoms with Crippen LogP contribution in [0.25, 0.3) is 0 Å². The predicted molar refractivity (Wildman–Crippen MR) is 91.0 cm³/mol. The Morgan fingerprint density at radius 3 is 2.56 bits per heavy atom. The summed E-state index contributed by atoms with van der Waals surface area (Å²) in [7, 11) is 0. The highest BCUT2D eigenvalue weighted by Crippen LogP contribution is 2.21. The molecule has 8 heteroatoms. The molecule has 0 aliphatic carbocycles. The third kappa shape index (κ3) is 5.40. The van der Waals surface area contributed by atoms with E-state index >= 15 is 0 Å². The molecule has 3 atom stereocenters. The summed E-state index contributed by atoms with van der Waals surface area (Å²) >= 11 is 0. The van der Waals surface area contributed by atoms with Crippen molar-refractivity contribution in [3.63, 3.8) is 0 Å². The molecular weight excluding hydrogens is 326 g/mol. The van der Waals surface area contributed by atoms with Crippen LogP contribution in [0.4, 0.5) is 0 Å². The molecule has 2 aliphatic rings. The Balaban J connectivity index is 1.96. The van der Waals surface area contributed by atoms with E-state index in [1.54, 1.807) is 4.90 Å². The minimum absolute atomic E-state index is 0.0621. The third-order valence-electron chi connectivity index (χ3n) is 4.49. The zero-order valence-electron chi connectivity index (χ0n) is 15.2. The van der Waals surface area contributed by atoms with Crippen molar-refractivity contribution in [1.29, 1.82) is 0 Å². The van der Waals surface area contributed by atoms with Crippen LogP contribution in [0.3, 0.4) is 0 Å². The van der Waals surface area contributed by atoms with Crippen molar-refractivity contribution in [3.8, 4) is 0 Å². The van der Waals surface area contributed by atoms with Crippen LogP contribution in [0, 0.1) is 0 Å². The molecule has 2 rings (SSSR count). The molecule has 2 aliphatic heterocycles. The SMILES string of the molecule is CC(C)(C)OC[C@H](NC(=O)[C@@H]1CCCN1C(=O)[C@@H]1CCCN1)C(=O)O. The van der Waals surface area contributed by atoms with Crippen molar-refractivity contribution < 1.29 is 24.2 Å². The number of hydrogen-bond donors (Lipinski definition) is 3. The van der Waals surface area contributed by atoms with E-state index in [4.69, 9.17) is 4.74 Å². The number of carbonyl (C=O) groups is 3. The van der Waals surface area contributed by atoms with Crippen molar-refractivity contribution >= 4 is 17.8 Å². The van der Waals surface area contributed by atoms with Crippen LogP contribution in [0.5, 0.6) is 0 Å². The maximum Gasteiger partial charge on any atom is 0.328 e. The van der Waals surface area contributed by atoms with Gasteiger partial charge < -0.3 is 25.4 Å². The van der Waals surface area contributed by atoms with E-state index in [-0.39, 0.29) is 18.6 Å². The average molecular weight is 355 g/mol. The molecular formula is C17H29N3O5. The lowest BCUT2D eigenvalue weighted by Crippen LogP contribution is -2.54. The van der Waals surface area contributed by atoms with Gasteiger partial charge >= 0.3 is 5.97 Å². The monoisotopic (exact) mass is 355 g/mol. The number of amides is 2. The molecule has 3 N–H and O–H groups in total. The second kappa shape index (κ2) is 8.14. The van der Waals surface area contributed by atoms with Crippen molar-refractivity contribution in [2.75, 3.05) is 19.7 Å². The first-order chi connectivity index (χ1) is 11.7. The number of hydrogen-bond acceptors (Lipinski definition) is 5. The minimum atomic E-state index is -1.15. The third-order valence-corrected chi connectivity index (χ3v) is 4.49. The molecule has 2 fully saturated rings. The smallest absolute Gasteiger partial charge is 0.328 e. The zero-order valence-corrected chi connectivity index (χ0v) is 15.2. The molecule has 142 valence electrons. The number of nitrogens with one attached hydrogen (secondary N) is 2. The molecule has 0 radical (unpaired) electrons. The standard InChI is InChI=1S/C17H29N3O5/c1-17(2,3)25-10-12(16(23)24)19-14(21)13-7-5-9-20(13)15(22)11-6-4-8-18-11/h11-13,18H,4-10H2,1-3H3,(H,19,21)(H,23,24)/t11-,12-,13-/m0/s1. The number of rotatable bonds is 6. The van der Waals surface area contributed by atoms with Gasteiger partial charge in [-0.15, -0.1) is 0 Å². The summed E-state index contributed by atoms with van der Waals surface area (Å²) in [6.45, 7) is 6.69. The number of carboxylic acids is 1. The fourth-order valence-corrected chi connectivity index (χ4v) is 3.17. The van der Waals surface area contributed by atoms with Crippen molar-refractivity contribution in [2.24, 2.45) is 0 Å². The lowest BCUT2D eigenvalue weighted by molar-refractivity contribution is -0.147. The van der Waals surface area contributed by atoms with Gasteiger partial charge in [-0.3, -0.25) is 9.59 Å². The number of nitrogens with zero attached hydrogens (tertiary/aromatic N) is 1. The van der Waals surface area contributed by atoms with Gasteiger partial charge in [-0.25, -0.2) is 4.79 Å². The predicted octanol–water partition coefficient (Wildman–Crippen LogP) is 0.114. The molecule has 0 aromatic heterocycles. The quantitative estimate of drug-likeness (QED) is 0.624. The molecule has 2 saturated heterocycles. The Hall–Kier alpha value is -1.67. The molecule has 2 heterocycles. The first-order valence-electron chi connectivity index (χ1n) is 8.90. The van der Waals surface area contributed by atoms with Gasteiger partial charge in [-0.05, 0) is 53.0 Å². The van der Waals surface area contributed by atoms with E-state index in [2.05, 4.69) is 10.6 Å². The normalized spacial score (nSPS) is 25.0. The number of likely N-dealkylation sites (tertiary alicyclic amines) is 1. The second-order valence-electron chi connectivity index (χ2n) is 7.66. The number of aliphatic carboxylic acids is 1. The highest BCUT2D eigenvalue weighted by Gasteiger charge is 2.39. The maximum atomic E-state index is 12.6. The molecule has 0 aromatic rings. The second-order valence-corrected chi connectivity index (χ2v) is 7.66. The lowest BCUT2D eigenvalue weighted by atomic mass is 10.1. The van der Waals surface area contributed by atoms with E-state index in [9.17, 15) is 19.5 Å². The van der Waals surface area contributed by atoms with E-state index in [0.29, 0.717) is 13.0 Å². The summed E-state index contributed by atoms with van der Waals surface area (Å²) in [4.78, 5) is 38.1. The van der Waals surface area contributed by atoms with Gasteiger partial charge in [0.05, 0.1) is 18.2 Å². The van der Waals surface area contributed by atoms with E-state index in [1.165, 1.54) is 0 Å². The zero-order chi connectivity index (χ0) is 18.6. The molecule has 8 nitrogen and oxygen atoms in total. The van der Waals surface area contributed by atoms with Crippen LogP contribution in [0.1, 0.15) is 46.5 Å². The largest absolute Gasteiger partial charge is 0.480 e. The Labute approximate surface area is 148 Å². The molecule has 0 unspecified atom stereocenters. The summed E-state index contributed by atoms with van der Waals surface area (Å²) in [6, 6.07) is -1.96. The van der Waals surface area contributed by atoms with Gasteiger partial charge in [0, 0.05) is 6.54 Å². The molecule has 0 spiro atoms. The first-order valence-corrected chi connectivity index (χ1v) is 8.90. The van der Waals surface area contributed by atoms with Gasteiger partial charge in [-0.2, -0.15) is 0 Å². The van der Waals surface area contributed by atoms with Crippen LogP contribution >= 0.6 is 0 Å². The fourth-order valence-electron chi connectivity index (χ4n) is 3.17. The summed E-state index contributed by atoms with van der Waals surface area (Å²) in [6.07, 6.45) is 3.02. The number of carboxylic acid groups (broad SMARTS) is 1. The lowest BCUT2D eigenvalue weighted by Gasteiger charge is -2.28. The maximum absolute atomic E-state index is 12.6. The summed E-state index contributed by atoms with van der Waals surface area (Å²) in [5.74, 6) is -1.63. The Bertz CT molecular complexity index is 511. The van der Waals surface area contributed by atoms with Crippen LogP contribution in [0.2, 0.25) is 0 Å². The molecule has 0 saturated carbocycles. The summed E-state index contributed by atoms with van der Waals surface area (Å²) in [5.41, 5.74) is -0.498.